The second-order valence-electron chi connectivity index (χ2n) is 7.24. The van der Waals surface area contributed by atoms with Gasteiger partial charge in [0.25, 0.3) is 0 Å². The fourth-order valence-corrected chi connectivity index (χ4v) is 3.71. The first-order valence-electron chi connectivity index (χ1n) is 9.43. The van der Waals surface area contributed by atoms with Crippen molar-refractivity contribution in [1.82, 2.24) is 10.2 Å². The zero-order valence-electron chi connectivity index (χ0n) is 16.0. The van der Waals surface area contributed by atoms with Crippen LogP contribution in [0, 0.1) is 13.8 Å². The quantitative estimate of drug-likeness (QED) is 0.864. The Morgan fingerprint density at radius 3 is 2.65 bits per heavy atom. The molecule has 1 amide bonds. The highest BCUT2D eigenvalue weighted by Gasteiger charge is 2.31. The van der Waals surface area contributed by atoms with Crippen LogP contribution in [-0.4, -0.2) is 37.0 Å². The van der Waals surface area contributed by atoms with E-state index in [1.165, 1.54) is 0 Å². The first-order valence-corrected chi connectivity index (χ1v) is 9.43. The Hall–Kier alpha value is -2.17. The van der Waals surface area contributed by atoms with Crippen molar-refractivity contribution < 1.29 is 4.79 Å². The van der Waals surface area contributed by atoms with Gasteiger partial charge in [-0.2, -0.15) is 0 Å². The molecular weight excluding hydrogens is 322 g/mol. The number of benzene rings is 2. The summed E-state index contributed by atoms with van der Waals surface area (Å²) in [5, 5.41) is 6.55. The minimum atomic E-state index is -0.271. The molecule has 0 saturated carbocycles. The molecular formula is C22H29N3O. The molecule has 2 unspecified atom stereocenters. The van der Waals surface area contributed by atoms with Crippen LogP contribution in [0.2, 0.25) is 0 Å². The molecule has 4 nitrogen and oxygen atoms in total. The number of aryl methyl sites for hydroxylation is 2. The standard InChI is InChI=1S/C22H29N3O/c1-16-11-12-17(2)20(14-16)24-22(26)21(18-8-5-4-6-9-18)25-13-7-10-19(15-25)23-3/h4-6,8-9,11-12,14,19,21,23H,7,10,13,15H2,1-3H3,(H,24,26). The SMILES string of the molecule is CNC1CCCN(C(C(=O)Nc2cc(C)ccc2C)c2ccccc2)C1. The van der Waals surface area contributed by atoms with Gasteiger partial charge in [0.1, 0.15) is 6.04 Å². The van der Waals surface area contributed by atoms with Crippen LogP contribution in [0.3, 0.4) is 0 Å². The predicted octanol–water partition coefficient (Wildman–Crippen LogP) is 3.67. The molecule has 138 valence electrons. The normalized spacial score (nSPS) is 19.1. The average Bonchev–Trinajstić information content (AvgIpc) is 2.66. The van der Waals surface area contributed by atoms with E-state index in [2.05, 4.69) is 39.8 Å². The van der Waals surface area contributed by atoms with Gasteiger partial charge < -0.3 is 10.6 Å². The van der Waals surface area contributed by atoms with Crippen LogP contribution in [0.5, 0.6) is 0 Å². The summed E-state index contributed by atoms with van der Waals surface area (Å²) in [5.41, 5.74) is 4.18. The highest BCUT2D eigenvalue weighted by molar-refractivity contribution is 5.96. The summed E-state index contributed by atoms with van der Waals surface area (Å²) in [7, 11) is 2.00. The van der Waals surface area contributed by atoms with Gasteiger partial charge in [-0.3, -0.25) is 9.69 Å². The Kier molecular flexibility index (Phi) is 6.07. The number of hydrogen-bond acceptors (Lipinski definition) is 3. The second kappa shape index (κ2) is 8.47. The van der Waals surface area contributed by atoms with Gasteiger partial charge >= 0.3 is 0 Å². The Morgan fingerprint density at radius 1 is 1.15 bits per heavy atom. The molecule has 4 heteroatoms. The molecule has 1 aliphatic heterocycles. The lowest BCUT2D eigenvalue weighted by Crippen LogP contribution is -2.48. The van der Waals surface area contributed by atoms with Gasteiger partial charge in [-0.1, -0.05) is 42.5 Å². The van der Waals surface area contributed by atoms with Crippen LogP contribution in [-0.2, 0) is 4.79 Å². The monoisotopic (exact) mass is 351 g/mol. The Morgan fingerprint density at radius 2 is 1.92 bits per heavy atom. The largest absolute Gasteiger partial charge is 0.324 e. The average molecular weight is 351 g/mol. The van der Waals surface area contributed by atoms with E-state index in [0.29, 0.717) is 6.04 Å². The van der Waals surface area contributed by atoms with Crippen LogP contribution in [0.1, 0.15) is 35.6 Å². The second-order valence-corrected chi connectivity index (χ2v) is 7.24. The van der Waals surface area contributed by atoms with E-state index >= 15 is 0 Å². The van der Waals surface area contributed by atoms with E-state index in [1.807, 2.05) is 45.2 Å². The van der Waals surface area contributed by atoms with Gasteiger partial charge in [0, 0.05) is 18.3 Å². The number of amides is 1. The summed E-state index contributed by atoms with van der Waals surface area (Å²) in [6.45, 7) is 5.91. The summed E-state index contributed by atoms with van der Waals surface area (Å²) < 4.78 is 0. The molecule has 26 heavy (non-hydrogen) atoms. The molecule has 3 rings (SSSR count). The van der Waals surface area contributed by atoms with Crippen molar-refractivity contribution in [3.63, 3.8) is 0 Å². The molecule has 2 aromatic carbocycles. The van der Waals surface area contributed by atoms with E-state index in [-0.39, 0.29) is 11.9 Å². The van der Waals surface area contributed by atoms with Gasteiger partial charge in [0.15, 0.2) is 0 Å². The molecule has 1 aliphatic rings. The Balaban J connectivity index is 1.87. The maximum absolute atomic E-state index is 13.3. The van der Waals surface area contributed by atoms with Crippen molar-refractivity contribution >= 4 is 11.6 Å². The van der Waals surface area contributed by atoms with Gasteiger partial charge in [-0.05, 0) is 63.0 Å². The zero-order valence-corrected chi connectivity index (χ0v) is 16.0. The number of anilines is 1. The molecule has 2 aromatic rings. The van der Waals surface area contributed by atoms with Crippen molar-refractivity contribution in [2.45, 2.75) is 38.8 Å². The van der Waals surface area contributed by atoms with Crippen molar-refractivity contribution in [3.8, 4) is 0 Å². The topological polar surface area (TPSA) is 44.4 Å². The highest BCUT2D eigenvalue weighted by atomic mass is 16.2. The van der Waals surface area contributed by atoms with Gasteiger partial charge in [-0.15, -0.1) is 0 Å². The van der Waals surface area contributed by atoms with Crippen LogP contribution in [0.15, 0.2) is 48.5 Å². The molecule has 1 saturated heterocycles. The van der Waals surface area contributed by atoms with E-state index in [0.717, 1.165) is 48.3 Å². The van der Waals surface area contributed by atoms with Gasteiger partial charge in [0.2, 0.25) is 5.91 Å². The van der Waals surface area contributed by atoms with Crippen molar-refractivity contribution in [2.24, 2.45) is 0 Å². The fraction of sp³-hybridized carbons (Fsp3) is 0.409. The van der Waals surface area contributed by atoms with Gasteiger partial charge in [-0.25, -0.2) is 0 Å². The highest BCUT2D eigenvalue weighted by Crippen LogP contribution is 2.27. The maximum atomic E-state index is 13.3. The number of rotatable bonds is 5. The minimum Gasteiger partial charge on any atom is -0.324 e. The third kappa shape index (κ3) is 4.32. The smallest absolute Gasteiger partial charge is 0.246 e. The third-order valence-corrected chi connectivity index (χ3v) is 5.24. The number of likely N-dealkylation sites (tertiary alicyclic amines) is 1. The lowest BCUT2D eigenvalue weighted by atomic mass is 9.98. The number of likely N-dealkylation sites (N-methyl/N-ethyl adjacent to an activating group) is 1. The molecule has 1 fully saturated rings. The van der Waals surface area contributed by atoms with Crippen molar-refractivity contribution in [2.75, 3.05) is 25.5 Å². The summed E-state index contributed by atoms with van der Waals surface area (Å²) in [6, 6.07) is 16.4. The number of nitrogens with one attached hydrogen (secondary N) is 2. The van der Waals surface area contributed by atoms with Crippen LogP contribution < -0.4 is 10.6 Å². The first kappa shape index (κ1) is 18.6. The maximum Gasteiger partial charge on any atom is 0.246 e. The number of hydrogen-bond donors (Lipinski definition) is 2. The zero-order chi connectivity index (χ0) is 18.5. The van der Waals surface area contributed by atoms with E-state index in [1.54, 1.807) is 0 Å². The number of nitrogens with zero attached hydrogens (tertiary/aromatic N) is 1. The summed E-state index contributed by atoms with van der Waals surface area (Å²) in [4.78, 5) is 15.6. The van der Waals surface area contributed by atoms with E-state index < -0.39 is 0 Å². The molecule has 2 N–H and O–H groups in total. The lowest BCUT2D eigenvalue weighted by molar-refractivity contribution is -0.122. The summed E-state index contributed by atoms with van der Waals surface area (Å²) >= 11 is 0. The van der Waals surface area contributed by atoms with E-state index in [9.17, 15) is 4.79 Å². The predicted molar refractivity (Wildman–Crippen MR) is 107 cm³/mol. The molecule has 0 spiro atoms. The summed E-state index contributed by atoms with van der Waals surface area (Å²) in [6.07, 6.45) is 2.26. The fourth-order valence-electron chi connectivity index (χ4n) is 3.71. The first-order chi connectivity index (χ1) is 12.6. The van der Waals surface area contributed by atoms with E-state index in [4.69, 9.17) is 0 Å². The molecule has 0 radical (unpaired) electrons. The van der Waals surface area contributed by atoms with Crippen LogP contribution in [0.25, 0.3) is 0 Å². The molecule has 0 aromatic heterocycles. The third-order valence-electron chi connectivity index (χ3n) is 5.24. The van der Waals surface area contributed by atoms with Crippen LogP contribution in [0.4, 0.5) is 5.69 Å². The lowest BCUT2D eigenvalue weighted by Gasteiger charge is -2.37. The number of piperidine rings is 1. The minimum absolute atomic E-state index is 0.0432. The van der Waals surface area contributed by atoms with Crippen LogP contribution >= 0.6 is 0 Å². The Bertz CT molecular complexity index is 744. The summed E-state index contributed by atoms with van der Waals surface area (Å²) in [5.74, 6) is 0.0432. The Labute approximate surface area is 156 Å². The van der Waals surface area contributed by atoms with Crippen molar-refractivity contribution in [1.29, 1.82) is 0 Å². The number of carbonyl (C=O) groups is 1. The number of carbonyl (C=O) groups excluding carboxylic acids is 1. The van der Waals surface area contributed by atoms with Gasteiger partial charge in [0.05, 0.1) is 0 Å². The van der Waals surface area contributed by atoms with Crippen molar-refractivity contribution in [3.05, 3.63) is 65.2 Å². The molecule has 2 atom stereocenters. The molecule has 0 aliphatic carbocycles. The molecule has 0 bridgehead atoms. The molecule has 1 heterocycles.